The van der Waals surface area contributed by atoms with Crippen LogP contribution in [-0.4, -0.2) is 33.6 Å². The van der Waals surface area contributed by atoms with Gasteiger partial charge in [0.1, 0.15) is 23.9 Å². The van der Waals surface area contributed by atoms with Gasteiger partial charge in [-0.3, -0.25) is 14.5 Å². The molecular formula is C37H32ClN3O5S2. The molecule has 1 atom stereocenters. The number of hydrogen-bond donors (Lipinski definition) is 1. The van der Waals surface area contributed by atoms with Crippen LogP contribution in [-0.2, 0) is 21.9 Å². The number of Topliss-reactive ketones (excluding diaryl/α,β-unsaturated/α-hetero) is 1. The number of amides is 1. The van der Waals surface area contributed by atoms with Crippen molar-refractivity contribution in [1.82, 2.24) is 10.2 Å². The van der Waals surface area contributed by atoms with Crippen LogP contribution in [0.1, 0.15) is 48.1 Å². The summed E-state index contributed by atoms with van der Waals surface area (Å²) in [5, 5.41) is 21.1. The number of benzene rings is 4. The standard InChI is InChI=1S/C37H32ClN3O5S2/c1-2-3-21-45-28-19-15-26(16-20-28)33(42)31-32(25-13-17-29(18-14-25)46-22-24-9-5-4-6-10-24)41(35(44)34(31)43)36-39-40-37(48-36)47-23-27-11-7-8-12-30(27)38/h4-20,32,42H,2-3,21-23H2,1H3/t32-/m0/s1. The van der Waals surface area contributed by atoms with Crippen LogP contribution in [0.4, 0.5) is 5.13 Å². The molecule has 0 radical (unpaired) electrons. The van der Waals surface area contributed by atoms with Crippen molar-refractivity contribution in [3.8, 4) is 11.5 Å². The van der Waals surface area contributed by atoms with Gasteiger partial charge in [0.25, 0.3) is 5.78 Å². The van der Waals surface area contributed by atoms with Crippen LogP contribution in [0, 0.1) is 0 Å². The molecule has 6 rings (SSSR count). The van der Waals surface area contributed by atoms with E-state index in [1.807, 2.05) is 54.6 Å². The summed E-state index contributed by atoms with van der Waals surface area (Å²) >= 11 is 8.96. The molecule has 0 spiro atoms. The number of anilines is 1. The fourth-order valence-corrected chi connectivity index (χ4v) is 7.30. The van der Waals surface area contributed by atoms with Crippen LogP contribution in [0.3, 0.4) is 0 Å². The monoisotopic (exact) mass is 697 g/mol. The van der Waals surface area contributed by atoms with E-state index < -0.39 is 17.7 Å². The lowest BCUT2D eigenvalue weighted by molar-refractivity contribution is -0.132. The van der Waals surface area contributed by atoms with E-state index in [0.717, 1.165) is 24.0 Å². The normalized spacial score (nSPS) is 15.5. The zero-order chi connectivity index (χ0) is 33.5. The quantitative estimate of drug-likeness (QED) is 0.0325. The van der Waals surface area contributed by atoms with Crippen molar-refractivity contribution in [2.24, 2.45) is 0 Å². The SMILES string of the molecule is CCCCOc1ccc(C(O)=C2C(=O)C(=O)N(c3nnc(SCc4ccccc4Cl)s3)[C@H]2c2ccc(OCc3ccccc3)cc2)cc1. The zero-order valence-electron chi connectivity index (χ0n) is 26.0. The number of nitrogens with zero attached hydrogens (tertiary/aromatic N) is 3. The Labute approximate surface area is 292 Å². The number of aliphatic hydroxyl groups is 1. The molecular weight excluding hydrogens is 666 g/mol. The number of carbonyl (C=O) groups excluding carboxylic acids is 2. The minimum absolute atomic E-state index is 0.0434. The van der Waals surface area contributed by atoms with Gasteiger partial charge in [0.05, 0.1) is 18.2 Å². The second-order valence-electron chi connectivity index (χ2n) is 11.0. The first kappa shape index (κ1) is 33.3. The highest BCUT2D eigenvalue weighted by Crippen LogP contribution is 2.44. The second kappa shape index (κ2) is 15.5. The highest BCUT2D eigenvalue weighted by molar-refractivity contribution is 8.00. The summed E-state index contributed by atoms with van der Waals surface area (Å²) in [6, 6.07) is 30.4. The first-order chi connectivity index (χ1) is 23.4. The first-order valence-electron chi connectivity index (χ1n) is 15.4. The number of carbonyl (C=O) groups is 2. The number of aliphatic hydroxyl groups excluding tert-OH is 1. The van der Waals surface area contributed by atoms with Crippen LogP contribution >= 0.6 is 34.7 Å². The molecule has 1 amide bonds. The molecule has 4 aromatic carbocycles. The van der Waals surface area contributed by atoms with Gasteiger partial charge in [-0.25, -0.2) is 0 Å². The Bertz CT molecular complexity index is 1910. The summed E-state index contributed by atoms with van der Waals surface area (Å²) in [4.78, 5) is 28.7. The molecule has 8 nitrogen and oxygen atoms in total. The maximum Gasteiger partial charge on any atom is 0.301 e. The summed E-state index contributed by atoms with van der Waals surface area (Å²) in [6.07, 6.45) is 1.93. The molecule has 244 valence electrons. The first-order valence-corrected chi connectivity index (χ1v) is 17.6. The topological polar surface area (TPSA) is 102 Å². The minimum Gasteiger partial charge on any atom is -0.507 e. The Kier molecular flexibility index (Phi) is 10.7. The Hall–Kier alpha value is -4.64. The van der Waals surface area contributed by atoms with E-state index >= 15 is 0 Å². The maximum absolute atomic E-state index is 13.7. The second-order valence-corrected chi connectivity index (χ2v) is 13.6. The molecule has 1 aromatic heterocycles. The van der Waals surface area contributed by atoms with Gasteiger partial charge in [-0.2, -0.15) is 0 Å². The summed E-state index contributed by atoms with van der Waals surface area (Å²) in [7, 11) is 0. The van der Waals surface area contributed by atoms with E-state index in [9.17, 15) is 14.7 Å². The smallest absolute Gasteiger partial charge is 0.301 e. The Morgan fingerprint density at radius 1 is 0.896 bits per heavy atom. The highest BCUT2D eigenvalue weighted by atomic mass is 35.5. The Balaban J connectivity index is 1.32. The summed E-state index contributed by atoms with van der Waals surface area (Å²) < 4.78 is 12.3. The van der Waals surface area contributed by atoms with Gasteiger partial charge in [0, 0.05) is 16.3 Å². The van der Waals surface area contributed by atoms with Gasteiger partial charge >= 0.3 is 5.91 Å². The van der Waals surface area contributed by atoms with Crippen molar-refractivity contribution in [2.45, 2.75) is 42.5 Å². The number of rotatable bonds is 13. The molecule has 1 fully saturated rings. The molecule has 48 heavy (non-hydrogen) atoms. The molecule has 2 heterocycles. The number of thioether (sulfide) groups is 1. The van der Waals surface area contributed by atoms with Crippen molar-refractivity contribution in [3.05, 3.63) is 136 Å². The van der Waals surface area contributed by atoms with Crippen molar-refractivity contribution in [2.75, 3.05) is 11.5 Å². The van der Waals surface area contributed by atoms with E-state index in [1.54, 1.807) is 48.5 Å². The van der Waals surface area contributed by atoms with E-state index in [-0.39, 0.29) is 16.5 Å². The van der Waals surface area contributed by atoms with Crippen molar-refractivity contribution < 1.29 is 24.2 Å². The van der Waals surface area contributed by atoms with Crippen molar-refractivity contribution in [3.63, 3.8) is 0 Å². The third-order valence-corrected chi connectivity index (χ3v) is 10.2. The summed E-state index contributed by atoms with van der Waals surface area (Å²) in [5.74, 6) is -0.0802. The van der Waals surface area contributed by atoms with Crippen LogP contribution in [0.25, 0.3) is 5.76 Å². The van der Waals surface area contributed by atoms with Crippen molar-refractivity contribution in [1.29, 1.82) is 0 Å². The number of aromatic nitrogens is 2. The van der Waals surface area contributed by atoms with E-state index in [0.29, 0.717) is 51.0 Å². The van der Waals surface area contributed by atoms with Crippen LogP contribution < -0.4 is 14.4 Å². The molecule has 0 unspecified atom stereocenters. The average molecular weight is 698 g/mol. The lowest BCUT2D eigenvalue weighted by Gasteiger charge is -2.22. The molecule has 1 aliphatic heterocycles. The molecule has 0 saturated carbocycles. The Morgan fingerprint density at radius 3 is 2.31 bits per heavy atom. The molecule has 0 aliphatic carbocycles. The summed E-state index contributed by atoms with van der Waals surface area (Å²) in [5.41, 5.74) is 2.91. The van der Waals surface area contributed by atoms with Gasteiger partial charge in [-0.05, 0) is 65.6 Å². The molecule has 0 bridgehead atoms. The molecule has 1 aliphatic rings. The molecule has 1 saturated heterocycles. The van der Waals surface area contributed by atoms with Crippen molar-refractivity contribution >= 4 is 57.3 Å². The third-order valence-electron chi connectivity index (χ3n) is 7.69. The van der Waals surface area contributed by atoms with Gasteiger partial charge in [-0.15, -0.1) is 10.2 Å². The highest BCUT2D eigenvalue weighted by Gasteiger charge is 2.48. The lowest BCUT2D eigenvalue weighted by Crippen LogP contribution is -2.29. The molecule has 5 aromatic rings. The predicted molar refractivity (Wildman–Crippen MR) is 190 cm³/mol. The fourth-order valence-electron chi connectivity index (χ4n) is 5.14. The fraction of sp³-hybridized carbons (Fsp3) is 0.189. The lowest BCUT2D eigenvalue weighted by atomic mass is 9.95. The van der Waals surface area contributed by atoms with Crippen LogP contribution in [0.2, 0.25) is 5.02 Å². The maximum atomic E-state index is 13.7. The summed E-state index contributed by atoms with van der Waals surface area (Å²) in [6.45, 7) is 3.05. The molecule has 11 heteroatoms. The van der Waals surface area contributed by atoms with Gasteiger partial charge in [0.15, 0.2) is 4.34 Å². The number of ether oxygens (including phenoxy) is 2. The van der Waals surface area contributed by atoms with E-state index in [1.165, 1.54) is 28.0 Å². The van der Waals surface area contributed by atoms with Gasteiger partial charge in [0.2, 0.25) is 5.13 Å². The number of ketones is 1. The number of hydrogen-bond acceptors (Lipinski definition) is 9. The largest absolute Gasteiger partial charge is 0.507 e. The van der Waals surface area contributed by atoms with Gasteiger partial charge in [-0.1, -0.05) is 109 Å². The minimum atomic E-state index is -0.956. The predicted octanol–water partition coefficient (Wildman–Crippen LogP) is 8.87. The zero-order valence-corrected chi connectivity index (χ0v) is 28.4. The van der Waals surface area contributed by atoms with Gasteiger partial charge < -0.3 is 14.6 Å². The van der Waals surface area contributed by atoms with E-state index in [4.69, 9.17) is 21.1 Å². The van der Waals surface area contributed by atoms with Crippen LogP contribution in [0.5, 0.6) is 11.5 Å². The average Bonchev–Trinajstić information content (AvgIpc) is 3.69. The third kappa shape index (κ3) is 7.57. The Morgan fingerprint density at radius 2 is 1.58 bits per heavy atom. The van der Waals surface area contributed by atoms with E-state index in [2.05, 4.69) is 17.1 Å². The van der Waals surface area contributed by atoms with Crippen LogP contribution in [0.15, 0.2) is 113 Å². The number of unbranched alkanes of at least 4 members (excludes halogenated alkanes) is 1. The molecule has 1 N–H and O–H groups in total. The number of halogens is 1.